The van der Waals surface area contributed by atoms with Crippen LogP contribution in [0.4, 0.5) is 29.6 Å². The standard InChI is InChI=1S/C26H27ClF3N5O3/c27-21-3-1-2-19(18-21)23-8-9-31-24(32-23)35(22-6-4-20(5-7-22)26(28,29)30)25(37)38-17-15-34-12-10-33(11-13-34)14-16-36/h1-9,18,36H,10-17H2. The van der Waals surface area contributed by atoms with Gasteiger partial charge in [0.2, 0.25) is 5.95 Å². The van der Waals surface area contributed by atoms with Gasteiger partial charge in [-0.1, -0.05) is 23.7 Å². The average molecular weight is 550 g/mol. The van der Waals surface area contributed by atoms with Crippen molar-refractivity contribution < 1.29 is 27.8 Å². The summed E-state index contributed by atoms with van der Waals surface area (Å²) < 4.78 is 44.9. The van der Waals surface area contributed by atoms with Crippen molar-refractivity contribution >= 4 is 29.3 Å². The van der Waals surface area contributed by atoms with Crippen molar-refractivity contribution in [1.29, 1.82) is 0 Å². The normalized spacial score (nSPS) is 14.9. The van der Waals surface area contributed by atoms with E-state index < -0.39 is 17.8 Å². The number of carbonyl (C=O) groups is 1. The molecule has 38 heavy (non-hydrogen) atoms. The molecular formula is C26H27ClF3N5O3. The van der Waals surface area contributed by atoms with Crippen molar-refractivity contribution in [3.63, 3.8) is 0 Å². The summed E-state index contributed by atoms with van der Waals surface area (Å²) in [6, 6.07) is 12.7. The SMILES string of the molecule is O=C(OCCN1CCN(CCO)CC1)N(c1ccc(C(F)(F)F)cc1)c1nccc(-c2cccc(Cl)c2)n1. The quantitative estimate of drug-likeness (QED) is 0.436. The van der Waals surface area contributed by atoms with E-state index in [0.717, 1.165) is 43.2 Å². The number of piperazine rings is 1. The van der Waals surface area contributed by atoms with Gasteiger partial charge < -0.3 is 9.84 Å². The topological polar surface area (TPSA) is 82.0 Å². The molecule has 12 heteroatoms. The zero-order valence-electron chi connectivity index (χ0n) is 20.4. The lowest BCUT2D eigenvalue weighted by molar-refractivity contribution is -0.137. The molecule has 0 aliphatic carbocycles. The number of ether oxygens (including phenoxy) is 1. The number of hydrogen-bond donors (Lipinski definition) is 1. The van der Waals surface area contributed by atoms with Crippen LogP contribution >= 0.6 is 11.6 Å². The van der Waals surface area contributed by atoms with Gasteiger partial charge in [-0.05, 0) is 42.5 Å². The fourth-order valence-corrected chi connectivity index (χ4v) is 4.26. The van der Waals surface area contributed by atoms with E-state index in [0.29, 0.717) is 29.4 Å². The second-order valence-corrected chi connectivity index (χ2v) is 9.09. The minimum absolute atomic E-state index is 0.0511. The summed E-state index contributed by atoms with van der Waals surface area (Å²) in [5.74, 6) is -0.0511. The van der Waals surface area contributed by atoms with Crippen molar-refractivity contribution in [1.82, 2.24) is 19.8 Å². The van der Waals surface area contributed by atoms with Crippen molar-refractivity contribution in [2.75, 3.05) is 57.4 Å². The van der Waals surface area contributed by atoms with Crippen LogP contribution in [0, 0.1) is 0 Å². The number of aliphatic hydroxyl groups is 1. The number of amides is 1. The predicted molar refractivity (Wildman–Crippen MR) is 137 cm³/mol. The summed E-state index contributed by atoms with van der Waals surface area (Å²) >= 11 is 6.10. The maximum absolute atomic E-state index is 13.2. The molecule has 1 aromatic heterocycles. The molecule has 2 aromatic carbocycles. The number of halogens is 4. The van der Waals surface area contributed by atoms with Crippen LogP contribution in [-0.4, -0.2) is 83.4 Å². The Balaban J connectivity index is 1.53. The number of nitrogens with zero attached hydrogens (tertiary/aromatic N) is 5. The van der Waals surface area contributed by atoms with E-state index in [9.17, 15) is 18.0 Å². The number of β-amino-alcohol motifs (C(OH)–C–C–N with tert-alkyl or cyclic N) is 1. The highest BCUT2D eigenvalue weighted by Gasteiger charge is 2.31. The van der Waals surface area contributed by atoms with Crippen molar-refractivity contribution in [3.8, 4) is 11.3 Å². The van der Waals surface area contributed by atoms with Crippen LogP contribution in [0.2, 0.25) is 5.02 Å². The molecule has 2 heterocycles. The number of hydrogen-bond acceptors (Lipinski definition) is 7. The highest BCUT2D eigenvalue weighted by molar-refractivity contribution is 6.30. The fourth-order valence-electron chi connectivity index (χ4n) is 4.07. The lowest BCUT2D eigenvalue weighted by Gasteiger charge is -2.34. The first-order valence-corrected chi connectivity index (χ1v) is 12.4. The Labute approximate surface area is 223 Å². The predicted octanol–water partition coefficient (Wildman–Crippen LogP) is 4.70. The van der Waals surface area contributed by atoms with Crippen molar-refractivity contribution in [2.24, 2.45) is 0 Å². The molecule has 0 radical (unpaired) electrons. The van der Waals surface area contributed by atoms with E-state index in [4.69, 9.17) is 21.4 Å². The van der Waals surface area contributed by atoms with Gasteiger partial charge in [0, 0.05) is 56.1 Å². The van der Waals surface area contributed by atoms with Gasteiger partial charge in [-0.25, -0.2) is 19.7 Å². The first kappa shape index (κ1) is 27.8. The van der Waals surface area contributed by atoms with Gasteiger partial charge >= 0.3 is 12.3 Å². The summed E-state index contributed by atoms with van der Waals surface area (Å²) in [7, 11) is 0. The van der Waals surface area contributed by atoms with Gasteiger partial charge in [0.1, 0.15) is 6.61 Å². The Morgan fingerprint density at radius 3 is 2.34 bits per heavy atom. The molecule has 4 rings (SSSR count). The number of aliphatic hydroxyl groups excluding tert-OH is 1. The second kappa shape index (κ2) is 12.5. The first-order valence-electron chi connectivity index (χ1n) is 12.0. The monoisotopic (exact) mass is 549 g/mol. The number of rotatable bonds is 8. The Kier molecular flexibility index (Phi) is 9.16. The molecule has 8 nitrogen and oxygen atoms in total. The fraction of sp³-hybridized carbons (Fsp3) is 0.346. The summed E-state index contributed by atoms with van der Waals surface area (Å²) in [6.07, 6.45) is -3.88. The van der Waals surface area contributed by atoms with Crippen LogP contribution in [0.15, 0.2) is 60.8 Å². The smallest absolute Gasteiger partial charge is 0.421 e. The molecule has 202 valence electrons. The Bertz CT molecular complexity index is 1220. The number of alkyl halides is 3. The molecule has 0 saturated carbocycles. The first-order chi connectivity index (χ1) is 18.2. The molecule has 1 aliphatic rings. The molecule has 1 N–H and O–H groups in total. The van der Waals surface area contributed by atoms with Gasteiger partial charge in [0.25, 0.3) is 0 Å². The Morgan fingerprint density at radius 2 is 1.71 bits per heavy atom. The zero-order chi connectivity index (χ0) is 27.1. The van der Waals surface area contributed by atoms with Crippen LogP contribution < -0.4 is 4.90 Å². The number of anilines is 2. The number of benzene rings is 2. The minimum atomic E-state index is -4.52. The summed E-state index contributed by atoms with van der Waals surface area (Å²) in [4.78, 5) is 27.2. The second-order valence-electron chi connectivity index (χ2n) is 8.65. The zero-order valence-corrected chi connectivity index (χ0v) is 21.2. The molecular weight excluding hydrogens is 523 g/mol. The van der Waals surface area contributed by atoms with Crippen molar-refractivity contribution in [3.05, 3.63) is 71.4 Å². The van der Waals surface area contributed by atoms with Crippen LogP contribution in [0.3, 0.4) is 0 Å². The molecule has 1 aliphatic heterocycles. The lowest BCUT2D eigenvalue weighted by atomic mass is 10.1. The molecule has 1 amide bonds. The molecule has 0 bridgehead atoms. The highest BCUT2D eigenvalue weighted by atomic mass is 35.5. The van der Waals surface area contributed by atoms with Crippen LogP contribution in [0.5, 0.6) is 0 Å². The van der Waals surface area contributed by atoms with Gasteiger partial charge in [-0.15, -0.1) is 0 Å². The van der Waals surface area contributed by atoms with Gasteiger partial charge in [0.05, 0.1) is 23.6 Å². The van der Waals surface area contributed by atoms with E-state index in [2.05, 4.69) is 19.8 Å². The van der Waals surface area contributed by atoms with Crippen LogP contribution in [0.25, 0.3) is 11.3 Å². The highest BCUT2D eigenvalue weighted by Crippen LogP contribution is 2.32. The Hall–Kier alpha value is -3.25. The largest absolute Gasteiger partial charge is 0.447 e. The third-order valence-corrected chi connectivity index (χ3v) is 6.35. The Morgan fingerprint density at radius 1 is 1.03 bits per heavy atom. The third kappa shape index (κ3) is 7.19. The van der Waals surface area contributed by atoms with Crippen molar-refractivity contribution in [2.45, 2.75) is 6.18 Å². The average Bonchev–Trinajstić information content (AvgIpc) is 2.90. The molecule has 3 aromatic rings. The molecule has 0 atom stereocenters. The summed E-state index contributed by atoms with van der Waals surface area (Å²) in [6.45, 7) is 4.44. The molecule has 0 unspecified atom stereocenters. The maximum atomic E-state index is 13.2. The lowest BCUT2D eigenvalue weighted by Crippen LogP contribution is -2.48. The van der Waals surface area contributed by atoms with Gasteiger partial charge in [0.15, 0.2) is 0 Å². The molecule has 0 spiro atoms. The van der Waals surface area contributed by atoms with E-state index in [1.807, 2.05) is 0 Å². The van der Waals surface area contributed by atoms with E-state index in [1.54, 1.807) is 30.3 Å². The van der Waals surface area contributed by atoms with Gasteiger partial charge in [-0.2, -0.15) is 13.2 Å². The van der Waals surface area contributed by atoms with E-state index >= 15 is 0 Å². The third-order valence-electron chi connectivity index (χ3n) is 6.11. The van der Waals surface area contributed by atoms with E-state index in [1.165, 1.54) is 18.3 Å². The molecule has 1 saturated heterocycles. The van der Waals surface area contributed by atoms with E-state index in [-0.39, 0.29) is 24.8 Å². The summed E-state index contributed by atoms with van der Waals surface area (Å²) in [5.41, 5.74) is 0.442. The maximum Gasteiger partial charge on any atom is 0.421 e. The summed E-state index contributed by atoms with van der Waals surface area (Å²) in [5, 5.41) is 9.59. The van der Waals surface area contributed by atoms with Crippen LogP contribution in [-0.2, 0) is 10.9 Å². The minimum Gasteiger partial charge on any atom is -0.447 e. The molecule has 1 fully saturated rings. The van der Waals surface area contributed by atoms with Gasteiger partial charge in [-0.3, -0.25) is 9.80 Å². The number of aromatic nitrogens is 2. The number of carbonyl (C=O) groups excluding carboxylic acids is 1. The van der Waals surface area contributed by atoms with Crippen LogP contribution in [0.1, 0.15) is 5.56 Å².